The quantitative estimate of drug-likeness (QED) is 0.482. The van der Waals surface area contributed by atoms with E-state index < -0.39 is 29.2 Å². The smallest absolute Gasteiger partial charge is 0.261 e. The van der Waals surface area contributed by atoms with Crippen LogP contribution in [0, 0.1) is 23.3 Å². The van der Waals surface area contributed by atoms with Crippen LogP contribution in [0.25, 0.3) is 11.3 Å². The number of methoxy groups -OCH3 is 1. The van der Waals surface area contributed by atoms with Gasteiger partial charge < -0.3 is 9.64 Å². The van der Waals surface area contributed by atoms with Crippen LogP contribution >= 0.6 is 0 Å². The zero-order chi connectivity index (χ0) is 21.6. The number of halogens is 4. The Kier molecular flexibility index (Phi) is 4.92. The second-order valence-electron chi connectivity index (χ2n) is 6.83. The fraction of sp³-hybridized carbons (Fsp3) is 0.250. The van der Waals surface area contributed by atoms with E-state index in [9.17, 15) is 22.4 Å². The first-order chi connectivity index (χ1) is 14.3. The number of hydrogen-bond donors (Lipinski definition) is 0. The first-order valence-corrected chi connectivity index (χ1v) is 8.98. The lowest BCUT2D eigenvalue weighted by Gasteiger charge is -2.27. The Bertz CT molecular complexity index is 1140. The van der Waals surface area contributed by atoms with Crippen LogP contribution in [0.1, 0.15) is 21.6 Å². The van der Waals surface area contributed by atoms with Crippen LogP contribution in [0.15, 0.2) is 24.5 Å². The van der Waals surface area contributed by atoms with Gasteiger partial charge in [-0.15, -0.1) is 0 Å². The van der Waals surface area contributed by atoms with Crippen LogP contribution in [0.4, 0.5) is 17.6 Å². The van der Waals surface area contributed by atoms with Gasteiger partial charge >= 0.3 is 0 Å². The first kappa shape index (κ1) is 19.9. The van der Waals surface area contributed by atoms with Gasteiger partial charge in [0.25, 0.3) is 5.91 Å². The van der Waals surface area contributed by atoms with Crippen LogP contribution in [-0.4, -0.2) is 39.2 Å². The van der Waals surface area contributed by atoms with Crippen molar-refractivity contribution in [2.75, 3.05) is 13.7 Å². The molecule has 1 aliphatic heterocycles. The van der Waals surface area contributed by atoms with Gasteiger partial charge in [-0.3, -0.25) is 14.5 Å². The van der Waals surface area contributed by atoms with Crippen molar-refractivity contribution in [1.82, 2.24) is 19.7 Å². The van der Waals surface area contributed by atoms with E-state index in [2.05, 4.69) is 10.1 Å². The number of amides is 1. The lowest BCUT2D eigenvalue weighted by molar-refractivity contribution is 0.0723. The molecule has 2 aromatic heterocycles. The van der Waals surface area contributed by atoms with Crippen molar-refractivity contribution in [3.63, 3.8) is 0 Å². The van der Waals surface area contributed by atoms with Crippen molar-refractivity contribution in [2.45, 2.75) is 13.0 Å². The highest BCUT2D eigenvalue weighted by atomic mass is 19.2. The molecule has 10 heteroatoms. The minimum Gasteiger partial charge on any atom is -0.494 e. The van der Waals surface area contributed by atoms with E-state index in [1.807, 2.05) is 0 Å². The zero-order valence-electron chi connectivity index (χ0n) is 16.0. The molecule has 30 heavy (non-hydrogen) atoms. The number of carbonyl (C=O) groups excluding carboxylic acids is 1. The predicted molar refractivity (Wildman–Crippen MR) is 97.7 cm³/mol. The zero-order valence-corrected chi connectivity index (χ0v) is 16.0. The molecule has 0 atom stereocenters. The second-order valence-corrected chi connectivity index (χ2v) is 6.83. The first-order valence-electron chi connectivity index (χ1n) is 8.98. The Hall–Kier alpha value is -3.43. The molecule has 0 radical (unpaired) electrons. The van der Waals surface area contributed by atoms with Gasteiger partial charge in [-0.1, -0.05) is 0 Å². The average Bonchev–Trinajstić information content (AvgIpc) is 3.05. The molecule has 4 rings (SSSR count). The highest BCUT2D eigenvalue weighted by Crippen LogP contribution is 2.33. The standard InChI is InChI=1S/C20H16F4N4O2/c1-27-19(10-5-12(21)18(24)13(22)6-10)11-3-4-28(9-15(11)26-27)20(29)17-14(23)7-25-8-16(17)30-2/h5-8H,3-4,9H2,1-2H3. The predicted octanol–water partition coefficient (Wildman–Crippen LogP) is 3.25. The summed E-state index contributed by atoms with van der Waals surface area (Å²) in [6, 6.07) is 1.81. The Balaban J connectivity index is 1.69. The molecule has 0 spiro atoms. The van der Waals surface area contributed by atoms with Gasteiger partial charge in [0.15, 0.2) is 29.0 Å². The third kappa shape index (κ3) is 3.17. The maximum absolute atomic E-state index is 14.2. The number of carbonyl (C=O) groups is 1. The van der Waals surface area contributed by atoms with Gasteiger partial charge in [0, 0.05) is 24.7 Å². The molecule has 3 heterocycles. The Morgan fingerprint density at radius 3 is 2.47 bits per heavy atom. The monoisotopic (exact) mass is 420 g/mol. The summed E-state index contributed by atoms with van der Waals surface area (Å²) in [5.41, 5.74) is 1.54. The van der Waals surface area contributed by atoms with E-state index in [1.54, 1.807) is 7.05 Å². The third-order valence-electron chi connectivity index (χ3n) is 5.04. The largest absolute Gasteiger partial charge is 0.494 e. The number of benzene rings is 1. The van der Waals surface area contributed by atoms with Crippen molar-refractivity contribution in [3.05, 3.63) is 64.6 Å². The summed E-state index contributed by atoms with van der Waals surface area (Å²) in [7, 11) is 2.90. The minimum absolute atomic E-state index is 0.0183. The van der Waals surface area contributed by atoms with Crippen LogP contribution in [0.3, 0.4) is 0 Å². The number of ether oxygens (including phenoxy) is 1. The van der Waals surface area contributed by atoms with Gasteiger partial charge in [-0.2, -0.15) is 5.10 Å². The summed E-state index contributed by atoms with van der Waals surface area (Å²) in [6.07, 6.45) is 2.50. The minimum atomic E-state index is -1.54. The SMILES string of the molecule is COc1cncc(F)c1C(=O)N1CCc2c(nn(C)c2-c2cc(F)c(F)c(F)c2)C1. The topological polar surface area (TPSA) is 60.2 Å². The summed E-state index contributed by atoms with van der Waals surface area (Å²) in [5, 5.41) is 4.35. The van der Waals surface area contributed by atoms with Gasteiger partial charge in [0.2, 0.25) is 0 Å². The molecule has 1 aromatic carbocycles. The molecule has 0 saturated heterocycles. The maximum Gasteiger partial charge on any atom is 0.261 e. The Labute approximate surface area is 168 Å². The number of aryl methyl sites for hydroxylation is 1. The molecule has 1 aliphatic rings. The van der Waals surface area contributed by atoms with Crippen molar-refractivity contribution in [3.8, 4) is 17.0 Å². The van der Waals surface area contributed by atoms with Gasteiger partial charge in [-0.25, -0.2) is 17.6 Å². The Morgan fingerprint density at radius 2 is 1.80 bits per heavy atom. The molecular formula is C20H16F4N4O2. The molecular weight excluding hydrogens is 404 g/mol. The molecule has 3 aromatic rings. The summed E-state index contributed by atoms with van der Waals surface area (Å²) in [5.74, 6) is -5.50. The second kappa shape index (κ2) is 7.43. The molecule has 0 fully saturated rings. The number of nitrogens with zero attached hydrogens (tertiary/aromatic N) is 4. The third-order valence-corrected chi connectivity index (χ3v) is 5.04. The van der Waals surface area contributed by atoms with E-state index in [4.69, 9.17) is 4.74 Å². The van der Waals surface area contributed by atoms with Crippen molar-refractivity contribution < 1.29 is 27.1 Å². The maximum atomic E-state index is 14.2. The molecule has 156 valence electrons. The van der Waals surface area contributed by atoms with E-state index >= 15 is 0 Å². The fourth-order valence-corrected chi connectivity index (χ4v) is 3.68. The van der Waals surface area contributed by atoms with Gasteiger partial charge in [0.05, 0.1) is 37.4 Å². The van der Waals surface area contributed by atoms with E-state index in [-0.39, 0.29) is 30.0 Å². The van der Waals surface area contributed by atoms with Crippen molar-refractivity contribution in [1.29, 1.82) is 0 Å². The molecule has 0 aliphatic carbocycles. The summed E-state index contributed by atoms with van der Waals surface area (Å²) >= 11 is 0. The molecule has 0 unspecified atom stereocenters. The average molecular weight is 420 g/mol. The fourth-order valence-electron chi connectivity index (χ4n) is 3.68. The van der Waals surface area contributed by atoms with Crippen molar-refractivity contribution >= 4 is 5.91 Å². The number of rotatable bonds is 3. The van der Waals surface area contributed by atoms with E-state index in [1.165, 1.54) is 22.9 Å². The number of aromatic nitrogens is 3. The molecule has 1 amide bonds. The number of pyridine rings is 1. The van der Waals surface area contributed by atoms with Crippen LogP contribution in [0.2, 0.25) is 0 Å². The molecule has 0 saturated carbocycles. The Morgan fingerprint density at radius 1 is 1.10 bits per heavy atom. The van der Waals surface area contributed by atoms with Crippen LogP contribution < -0.4 is 4.74 Å². The normalized spacial score (nSPS) is 13.3. The van der Waals surface area contributed by atoms with Gasteiger partial charge in [-0.05, 0) is 18.6 Å². The number of fused-ring (bicyclic) bond motifs is 1. The summed E-state index contributed by atoms with van der Waals surface area (Å²) < 4.78 is 61.5. The van der Waals surface area contributed by atoms with E-state index in [0.29, 0.717) is 23.4 Å². The van der Waals surface area contributed by atoms with Crippen LogP contribution in [0.5, 0.6) is 5.75 Å². The summed E-state index contributed by atoms with van der Waals surface area (Å²) in [4.78, 5) is 18.0. The summed E-state index contributed by atoms with van der Waals surface area (Å²) in [6.45, 7) is 0.292. The van der Waals surface area contributed by atoms with Crippen molar-refractivity contribution in [2.24, 2.45) is 7.05 Å². The lowest BCUT2D eigenvalue weighted by atomic mass is 9.99. The molecule has 0 bridgehead atoms. The van der Waals surface area contributed by atoms with E-state index in [0.717, 1.165) is 18.3 Å². The highest BCUT2D eigenvalue weighted by Gasteiger charge is 2.31. The highest BCUT2D eigenvalue weighted by molar-refractivity contribution is 5.97. The van der Waals surface area contributed by atoms with Crippen LogP contribution in [-0.2, 0) is 20.0 Å². The lowest BCUT2D eigenvalue weighted by Crippen LogP contribution is -2.36. The molecule has 6 nitrogen and oxygen atoms in total. The number of hydrogen-bond acceptors (Lipinski definition) is 4. The van der Waals surface area contributed by atoms with Gasteiger partial charge in [0.1, 0.15) is 5.56 Å². The molecule has 0 N–H and O–H groups in total.